The van der Waals surface area contributed by atoms with E-state index in [1.807, 2.05) is 0 Å². The van der Waals surface area contributed by atoms with Gasteiger partial charge in [0.25, 0.3) is 0 Å². The average molecular weight is 159 g/mol. The molecule has 0 amide bonds. The SMILES string of the molecule is CC(=O)Cl.c1cncnc1. The van der Waals surface area contributed by atoms with Gasteiger partial charge in [0.15, 0.2) is 0 Å². The third kappa shape index (κ3) is 10.1. The second-order valence-corrected chi connectivity index (χ2v) is 1.91. The van der Waals surface area contributed by atoms with Crippen molar-refractivity contribution in [1.29, 1.82) is 0 Å². The summed E-state index contributed by atoms with van der Waals surface area (Å²) in [4.78, 5) is 16.6. The Labute approximate surface area is 64.1 Å². The molecule has 0 aliphatic rings. The molecule has 0 saturated carbocycles. The first-order valence-corrected chi connectivity index (χ1v) is 2.97. The van der Waals surface area contributed by atoms with Gasteiger partial charge >= 0.3 is 0 Å². The highest BCUT2D eigenvalue weighted by Gasteiger charge is 1.67. The van der Waals surface area contributed by atoms with Crippen LogP contribution in [0.1, 0.15) is 6.92 Å². The predicted octanol–water partition coefficient (Wildman–Crippen LogP) is 1.25. The molecule has 54 valence electrons. The highest BCUT2D eigenvalue weighted by atomic mass is 35.5. The molecule has 0 atom stereocenters. The molecule has 0 fully saturated rings. The first-order chi connectivity index (χ1) is 4.73. The van der Waals surface area contributed by atoms with E-state index in [9.17, 15) is 4.79 Å². The molecule has 1 aromatic heterocycles. The molecule has 0 bridgehead atoms. The van der Waals surface area contributed by atoms with Crippen LogP contribution in [0.3, 0.4) is 0 Å². The lowest BCUT2D eigenvalue weighted by Gasteiger charge is -1.70. The van der Waals surface area contributed by atoms with E-state index < -0.39 is 0 Å². The zero-order chi connectivity index (χ0) is 7.82. The predicted molar refractivity (Wildman–Crippen MR) is 38.6 cm³/mol. The summed E-state index contributed by atoms with van der Waals surface area (Å²) in [6.07, 6.45) is 4.88. The Kier molecular flexibility index (Phi) is 5.57. The highest BCUT2D eigenvalue weighted by Crippen LogP contribution is 1.67. The zero-order valence-electron chi connectivity index (χ0n) is 5.49. The van der Waals surface area contributed by atoms with Crippen molar-refractivity contribution < 1.29 is 4.79 Å². The van der Waals surface area contributed by atoms with Crippen molar-refractivity contribution in [2.24, 2.45) is 0 Å². The highest BCUT2D eigenvalue weighted by molar-refractivity contribution is 6.62. The van der Waals surface area contributed by atoms with E-state index in [0.29, 0.717) is 0 Å². The summed E-state index contributed by atoms with van der Waals surface area (Å²) in [6.45, 7) is 1.29. The van der Waals surface area contributed by atoms with Gasteiger partial charge in [-0.25, -0.2) is 9.97 Å². The van der Waals surface area contributed by atoms with Crippen LogP contribution in [-0.2, 0) is 4.79 Å². The maximum atomic E-state index is 9.21. The van der Waals surface area contributed by atoms with Crippen molar-refractivity contribution in [1.82, 2.24) is 9.97 Å². The van der Waals surface area contributed by atoms with Crippen molar-refractivity contribution in [2.75, 3.05) is 0 Å². The molecule has 3 nitrogen and oxygen atoms in total. The van der Waals surface area contributed by atoms with Crippen LogP contribution in [-0.4, -0.2) is 15.2 Å². The number of hydrogen-bond acceptors (Lipinski definition) is 3. The number of carbonyl (C=O) groups is 1. The molecule has 1 aromatic rings. The van der Waals surface area contributed by atoms with Gasteiger partial charge in [0.1, 0.15) is 6.33 Å². The second kappa shape index (κ2) is 6.16. The summed E-state index contributed by atoms with van der Waals surface area (Å²) in [5, 5.41) is -0.361. The molecule has 0 N–H and O–H groups in total. The lowest BCUT2D eigenvalue weighted by Crippen LogP contribution is -1.66. The molecule has 0 spiro atoms. The van der Waals surface area contributed by atoms with Gasteiger partial charge in [-0.2, -0.15) is 0 Å². The van der Waals surface area contributed by atoms with Crippen molar-refractivity contribution >= 4 is 16.8 Å². The van der Waals surface area contributed by atoms with Crippen LogP contribution in [0.4, 0.5) is 0 Å². The smallest absolute Gasteiger partial charge is 0.218 e. The van der Waals surface area contributed by atoms with E-state index in [4.69, 9.17) is 0 Å². The largest absolute Gasteiger partial charge is 0.282 e. The van der Waals surface area contributed by atoms with Crippen LogP contribution >= 0.6 is 11.6 Å². The van der Waals surface area contributed by atoms with Gasteiger partial charge in [-0.05, 0) is 17.7 Å². The van der Waals surface area contributed by atoms with Crippen LogP contribution in [0.25, 0.3) is 0 Å². The maximum Gasteiger partial charge on any atom is 0.218 e. The third-order valence-electron chi connectivity index (χ3n) is 0.478. The zero-order valence-corrected chi connectivity index (χ0v) is 6.25. The summed E-state index contributed by atoms with van der Waals surface area (Å²) < 4.78 is 0. The number of aromatic nitrogens is 2. The molecule has 10 heavy (non-hydrogen) atoms. The van der Waals surface area contributed by atoms with Gasteiger partial charge in [0.2, 0.25) is 5.24 Å². The van der Waals surface area contributed by atoms with Crippen molar-refractivity contribution in [3.8, 4) is 0 Å². The lowest BCUT2D eigenvalue weighted by atomic mass is 10.7. The van der Waals surface area contributed by atoms with E-state index in [1.165, 1.54) is 13.3 Å². The summed E-state index contributed by atoms with van der Waals surface area (Å²) in [6, 6.07) is 1.78. The third-order valence-corrected chi connectivity index (χ3v) is 0.478. The molecule has 1 heterocycles. The fourth-order valence-corrected chi connectivity index (χ4v) is 0.253. The minimum absolute atomic E-state index is 0.361. The van der Waals surface area contributed by atoms with E-state index in [1.54, 1.807) is 18.5 Å². The Balaban J connectivity index is 0.000000180. The van der Waals surface area contributed by atoms with E-state index in [0.717, 1.165) is 0 Å². The quantitative estimate of drug-likeness (QED) is 0.534. The Hall–Kier alpha value is -0.960. The summed E-state index contributed by atoms with van der Waals surface area (Å²) >= 11 is 4.64. The molecule has 0 aliphatic heterocycles. The van der Waals surface area contributed by atoms with Crippen LogP contribution < -0.4 is 0 Å². The molecule has 0 aromatic carbocycles. The molecule has 0 radical (unpaired) electrons. The summed E-state index contributed by atoms with van der Waals surface area (Å²) in [7, 11) is 0. The Morgan fingerprint density at radius 3 is 1.90 bits per heavy atom. The molecular formula is C6H7ClN2O. The van der Waals surface area contributed by atoms with Crippen LogP contribution in [0, 0.1) is 0 Å². The number of hydrogen-bond donors (Lipinski definition) is 0. The monoisotopic (exact) mass is 158 g/mol. The van der Waals surface area contributed by atoms with Gasteiger partial charge in [0.05, 0.1) is 0 Å². The number of nitrogens with zero attached hydrogens (tertiary/aromatic N) is 2. The Morgan fingerprint density at radius 2 is 1.80 bits per heavy atom. The maximum absolute atomic E-state index is 9.21. The normalized spacial score (nSPS) is 7.40. The average Bonchev–Trinajstić information content (AvgIpc) is 1.90. The molecule has 1 rings (SSSR count). The van der Waals surface area contributed by atoms with Gasteiger partial charge in [0, 0.05) is 19.3 Å². The summed E-state index contributed by atoms with van der Waals surface area (Å²) in [5.41, 5.74) is 0. The molecular weight excluding hydrogens is 152 g/mol. The lowest BCUT2D eigenvalue weighted by molar-refractivity contribution is -0.109. The van der Waals surface area contributed by atoms with Gasteiger partial charge < -0.3 is 0 Å². The fourth-order valence-electron chi connectivity index (χ4n) is 0.253. The van der Waals surface area contributed by atoms with Crippen LogP contribution in [0.2, 0.25) is 0 Å². The molecule has 0 unspecified atom stereocenters. The minimum Gasteiger partial charge on any atom is -0.282 e. The van der Waals surface area contributed by atoms with Crippen molar-refractivity contribution in [3.05, 3.63) is 24.8 Å². The van der Waals surface area contributed by atoms with E-state index >= 15 is 0 Å². The Morgan fingerprint density at radius 1 is 1.40 bits per heavy atom. The van der Waals surface area contributed by atoms with Gasteiger partial charge in [-0.15, -0.1) is 0 Å². The molecule has 4 heteroatoms. The van der Waals surface area contributed by atoms with E-state index in [2.05, 4.69) is 21.6 Å². The van der Waals surface area contributed by atoms with E-state index in [-0.39, 0.29) is 5.24 Å². The van der Waals surface area contributed by atoms with Crippen LogP contribution in [0.5, 0.6) is 0 Å². The first-order valence-electron chi connectivity index (χ1n) is 2.59. The number of carbonyl (C=O) groups excluding carboxylic acids is 1. The first kappa shape index (κ1) is 9.04. The Bertz CT molecular complexity index is 148. The summed E-state index contributed by atoms with van der Waals surface area (Å²) in [5.74, 6) is 0. The fraction of sp³-hybridized carbons (Fsp3) is 0.167. The minimum atomic E-state index is -0.361. The second-order valence-electron chi connectivity index (χ2n) is 1.37. The van der Waals surface area contributed by atoms with Crippen molar-refractivity contribution in [3.63, 3.8) is 0 Å². The topological polar surface area (TPSA) is 42.9 Å². The number of rotatable bonds is 0. The molecule has 0 aliphatic carbocycles. The standard InChI is InChI=1S/C4H4N2.C2H3ClO/c1-2-5-4-6-3-1;1-2(3)4/h1-4H;1H3. The molecule has 0 saturated heterocycles. The number of halogens is 1. The van der Waals surface area contributed by atoms with Gasteiger partial charge in [-0.3, -0.25) is 4.79 Å². The van der Waals surface area contributed by atoms with Crippen molar-refractivity contribution in [2.45, 2.75) is 6.92 Å². The van der Waals surface area contributed by atoms with Gasteiger partial charge in [-0.1, -0.05) is 0 Å². The van der Waals surface area contributed by atoms with Crippen LogP contribution in [0.15, 0.2) is 24.8 Å².